The van der Waals surface area contributed by atoms with Crippen LogP contribution in [-0.4, -0.2) is 62.9 Å². The van der Waals surface area contributed by atoms with E-state index in [1.54, 1.807) is 7.11 Å². The van der Waals surface area contributed by atoms with E-state index in [9.17, 15) is 4.79 Å². The zero-order chi connectivity index (χ0) is 13.9. The number of carbonyl (C=O) groups excluding carboxylic acids is 1. The summed E-state index contributed by atoms with van der Waals surface area (Å²) in [5.74, 6) is 0.243. The summed E-state index contributed by atoms with van der Waals surface area (Å²) in [5, 5.41) is 3.32. The molecule has 6 heteroatoms. The van der Waals surface area contributed by atoms with E-state index in [4.69, 9.17) is 9.47 Å². The molecule has 0 atom stereocenters. The number of rotatable bonds is 3. The van der Waals surface area contributed by atoms with Crippen LogP contribution in [0.5, 0.6) is 0 Å². The van der Waals surface area contributed by atoms with Crippen LogP contribution in [0.25, 0.3) is 0 Å². The second-order valence-electron chi connectivity index (χ2n) is 6.30. The fourth-order valence-electron chi connectivity index (χ4n) is 3.13. The first-order valence-electron chi connectivity index (χ1n) is 7.12. The minimum absolute atomic E-state index is 0. The summed E-state index contributed by atoms with van der Waals surface area (Å²) in [5.41, 5.74) is -0.581. The van der Waals surface area contributed by atoms with Gasteiger partial charge >= 0.3 is 0 Å². The van der Waals surface area contributed by atoms with Gasteiger partial charge in [-0.05, 0) is 39.8 Å². The first-order valence-corrected chi connectivity index (χ1v) is 7.12. The Morgan fingerprint density at radius 2 is 2.00 bits per heavy atom. The molecule has 2 saturated heterocycles. The fourth-order valence-corrected chi connectivity index (χ4v) is 3.13. The summed E-state index contributed by atoms with van der Waals surface area (Å²) in [6.07, 6.45) is 1.72. The van der Waals surface area contributed by atoms with E-state index in [1.165, 1.54) is 0 Å². The highest BCUT2D eigenvalue weighted by Gasteiger charge is 2.44. The van der Waals surface area contributed by atoms with Crippen molar-refractivity contribution in [2.75, 3.05) is 46.5 Å². The van der Waals surface area contributed by atoms with E-state index in [-0.39, 0.29) is 29.3 Å². The largest absolute Gasteiger partial charge is 0.384 e. The maximum absolute atomic E-state index is 12.9. The molecule has 0 spiro atoms. The number of ether oxygens (including phenoxy) is 2. The minimum Gasteiger partial charge on any atom is -0.384 e. The molecule has 2 aliphatic heterocycles. The molecule has 0 saturated carbocycles. The lowest BCUT2D eigenvalue weighted by Gasteiger charge is -2.44. The highest BCUT2D eigenvalue weighted by Crippen LogP contribution is 2.33. The first-order chi connectivity index (χ1) is 8.99. The number of hydrogen-bond donors (Lipinski definition) is 1. The predicted molar refractivity (Wildman–Crippen MR) is 80.3 cm³/mol. The van der Waals surface area contributed by atoms with Crippen LogP contribution >= 0.6 is 12.4 Å². The van der Waals surface area contributed by atoms with E-state index >= 15 is 0 Å². The molecule has 0 radical (unpaired) electrons. The summed E-state index contributed by atoms with van der Waals surface area (Å²) < 4.78 is 11.0. The van der Waals surface area contributed by atoms with Crippen molar-refractivity contribution < 1.29 is 14.3 Å². The van der Waals surface area contributed by atoms with Gasteiger partial charge in [0.1, 0.15) is 0 Å². The maximum Gasteiger partial charge on any atom is 0.231 e. The Balaban J connectivity index is 0.00000200. The molecule has 2 aliphatic rings. The fraction of sp³-hybridized carbons (Fsp3) is 0.929. The van der Waals surface area contributed by atoms with Crippen LogP contribution in [0.2, 0.25) is 0 Å². The van der Waals surface area contributed by atoms with Crippen LogP contribution in [0.3, 0.4) is 0 Å². The molecule has 2 heterocycles. The predicted octanol–water partition coefficient (Wildman–Crippen LogP) is 1.06. The van der Waals surface area contributed by atoms with Crippen molar-refractivity contribution in [2.24, 2.45) is 5.41 Å². The number of morpholine rings is 1. The molecule has 20 heavy (non-hydrogen) atoms. The standard InChI is InChI=1S/C14H26N2O3.ClH/c1-13(2)10-16(8-9-19-13)12(17)14(11-18-3)4-6-15-7-5-14;/h15H,4-11H2,1-3H3;1H. The summed E-state index contributed by atoms with van der Waals surface area (Å²) in [7, 11) is 1.68. The van der Waals surface area contributed by atoms with E-state index in [1.807, 2.05) is 18.7 Å². The number of amides is 1. The molecular weight excluding hydrogens is 280 g/mol. The molecule has 1 amide bonds. The number of piperidine rings is 1. The average Bonchev–Trinajstić information content (AvgIpc) is 2.38. The van der Waals surface area contributed by atoms with Crippen LogP contribution in [-0.2, 0) is 14.3 Å². The van der Waals surface area contributed by atoms with E-state index in [0.29, 0.717) is 26.3 Å². The van der Waals surface area contributed by atoms with Crippen molar-refractivity contribution in [1.82, 2.24) is 10.2 Å². The van der Waals surface area contributed by atoms with Gasteiger partial charge in [-0.25, -0.2) is 0 Å². The first kappa shape index (κ1) is 17.7. The van der Waals surface area contributed by atoms with Crippen molar-refractivity contribution in [2.45, 2.75) is 32.3 Å². The molecular formula is C14H27ClN2O3. The van der Waals surface area contributed by atoms with Crippen LogP contribution < -0.4 is 5.32 Å². The van der Waals surface area contributed by atoms with Crippen molar-refractivity contribution in [3.8, 4) is 0 Å². The summed E-state index contributed by atoms with van der Waals surface area (Å²) >= 11 is 0. The molecule has 5 nitrogen and oxygen atoms in total. The van der Waals surface area contributed by atoms with Crippen molar-refractivity contribution in [3.63, 3.8) is 0 Å². The van der Waals surface area contributed by atoms with Gasteiger partial charge in [-0.2, -0.15) is 0 Å². The monoisotopic (exact) mass is 306 g/mol. The molecule has 0 aliphatic carbocycles. The van der Waals surface area contributed by atoms with Gasteiger partial charge in [-0.3, -0.25) is 4.79 Å². The Bertz CT molecular complexity index is 325. The smallest absolute Gasteiger partial charge is 0.231 e. The zero-order valence-electron chi connectivity index (χ0n) is 12.7. The summed E-state index contributed by atoms with van der Waals surface area (Å²) in [4.78, 5) is 14.9. The molecule has 0 bridgehead atoms. The van der Waals surface area contributed by atoms with E-state index < -0.39 is 0 Å². The maximum atomic E-state index is 12.9. The summed E-state index contributed by atoms with van der Waals surface area (Å²) in [6.45, 7) is 8.37. The van der Waals surface area contributed by atoms with Crippen molar-refractivity contribution in [3.05, 3.63) is 0 Å². The molecule has 2 fully saturated rings. The zero-order valence-corrected chi connectivity index (χ0v) is 13.6. The number of methoxy groups -OCH3 is 1. The topological polar surface area (TPSA) is 50.8 Å². The number of halogens is 1. The quantitative estimate of drug-likeness (QED) is 0.847. The third kappa shape index (κ3) is 3.85. The van der Waals surface area contributed by atoms with E-state index in [2.05, 4.69) is 5.32 Å². The minimum atomic E-state index is -0.340. The van der Waals surface area contributed by atoms with E-state index in [0.717, 1.165) is 25.9 Å². The van der Waals surface area contributed by atoms with Gasteiger partial charge in [-0.1, -0.05) is 0 Å². The van der Waals surface area contributed by atoms with Gasteiger partial charge < -0.3 is 19.7 Å². The Hall–Kier alpha value is -0.360. The lowest BCUT2D eigenvalue weighted by molar-refractivity contribution is -0.161. The lowest BCUT2D eigenvalue weighted by Crippen LogP contribution is -2.57. The van der Waals surface area contributed by atoms with Gasteiger partial charge in [-0.15, -0.1) is 12.4 Å². The second-order valence-corrected chi connectivity index (χ2v) is 6.30. The highest BCUT2D eigenvalue weighted by molar-refractivity contribution is 5.85. The normalized spacial score (nSPS) is 24.9. The van der Waals surface area contributed by atoms with Crippen LogP contribution in [0, 0.1) is 5.41 Å². The molecule has 118 valence electrons. The van der Waals surface area contributed by atoms with Crippen molar-refractivity contribution >= 4 is 18.3 Å². The number of hydrogen-bond acceptors (Lipinski definition) is 4. The molecule has 0 aromatic rings. The molecule has 0 aromatic carbocycles. The molecule has 2 rings (SSSR count). The second kappa shape index (κ2) is 7.07. The Morgan fingerprint density at radius 1 is 1.35 bits per heavy atom. The number of nitrogens with one attached hydrogen (secondary N) is 1. The third-order valence-electron chi connectivity index (χ3n) is 4.15. The van der Waals surface area contributed by atoms with Crippen LogP contribution in [0.4, 0.5) is 0 Å². The molecule has 1 N–H and O–H groups in total. The van der Waals surface area contributed by atoms with Crippen LogP contribution in [0.15, 0.2) is 0 Å². The molecule has 0 unspecified atom stereocenters. The van der Waals surface area contributed by atoms with Crippen LogP contribution in [0.1, 0.15) is 26.7 Å². The van der Waals surface area contributed by atoms with Gasteiger partial charge in [0.2, 0.25) is 5.91 Å². The van der Waals surface area contributed by atoms with Gasteiger partial charge in [0.05, 0.1) is 24.2 Å². The Morgan fingerprint density at radius 3 is 2.55 bits per heavy atom. The number of carbonyl (C=O) groups is 1. The lowest BCUT2D eigenvalue weighted by atomic mass is 9.78. The highest BCUT2D eigenvalue weighted by atomic mass is 35.5. The Kier molecular flexibility index (Phi) is 6.25. The SMILES string of the molecule is COCC1(C(=O)N2CCOC(C)(C)C2)CCNCC1.Cl. The Labute approximate surface area is 127 Å². The summed E-state index contributed by atoms with van der Waals surface area (Å²) in [6, 6.07) is 0. The number of nitrogens with zero attached hydrogens (tertiary/aromatic N) is 1. The third-order valence-corrected chi connectivity index (χ3v) is 4.15. The van der Waals surface area contributed by atoms with Gasteiger partial charge in [0.15, 0.2) is 0 Å². The van der Waals surface area contributed by atoms with Gasteiger partial charge in [0, 0.05) is 20.2 Å². The molecule has 0 aromatic heterocycles. The van der Waals surface area contributed by atoms with Gasteiger partial charge in [0.25, 0.3) is 0 Å². The van der Waals surface area contributed by atoms with Crippen molar-refractivity contribution in [1.29, 1.82) is 0 Å². The average molecular weight is 307 g/mol.